The van der Waals surface area contributed by atoms with Gasteiger partial charge in [0, 0.05) is 11.6 Å². The molecule has 6 heteroatoms. The summed E-state index contributed by atoms with van der Waals surface area (Å²) in [4.78, 5) is 12.6. The van der Waals surface area contributed by atoms with Crippen LogP contribution in [0.15, 0.2) is 42.0 Å². The molecule has 0 spiro atoms. The van der Waals surface area contributed by atoms with Gasteiger partial charge in [-0.1, -0.05) is 12.1 Å². The lowest BCUT2D eigenvalue weighted by Crippen LogP contribution is -2.20. The maximum Gasteiger partial charge on any atom is 0.343 e. The first-order chi connectivity index (χ1) is 13.2. The minimum atomic E-state index is -0.534. The molecule has 6 nitrogen and oxygen atoms in total. The SMILES string of the molecule is CCOc1cc(C#N)ccc1OC(=O)C1=Cc2cccc(OCC)c2OC1. The molecule has 0 aromatic heterocycles. The summed E-state index contributed by atoms with van der Waals surface area (Å²) in [6.45, 7) is 4.70. The van der Waals surface area contributed by atoms with Crippen LogP contribution in [0.1, 0.15) is 25.0 Å². The molecule has 3 rings (SSSR count). The van der Waals surface area contributed by atoms with Crippen molar-refractivity contribution in [2.45, 2.75) is 13.8 Å². The summed E-state index contributed by atoms with van der Waals surface area (Å²) in [5.74, 6) is 1.33. The molecule has 0 atom stereocenters. The molecule has 0 N–H and O–H groups in total. The molecule has 2 aromatic rings. The van der Waals surface area contributed by atoms with Crippen molar-refractivity contribution in [3.63, 3.8) is 0 Å². The van der Waals surface area contributed by atoms with Crippen LogP contribution in [0.4, 0.5) is 0 Å². The third-order valence-electron chi connectivity index (χ3n) is 3.85. The second-order valence-electron chi connectivity index (χ2n) is 5.66. The predicted octanol–water partition coefficient (Wildman–Crippen LogP) is 3.74. The quantitative estimate of drug-likeness (QED) is 0.573. The number of esters is 1. The van der Waals surface area contributed by atoms with Crippen LogP contribution >= 0.6 is 0 Å². The lowest BCUT2D eigenvalue weighted by Gasteiger charge is -2.20. The number of carbonyl (C=O) groups is 1. The van der Waals surface area contributed by atoms with E-state index in [-0.39, 0.29) is 12.4 Å². The van der Waals surface area contributed by atoms with Crippen LogP contribution in [0.25, 0.3) is 6.08 Å². The van der Waals surface area contributed by atoms with Crippen LogP contribution in [-0.2, 0) is 4.79 Å². The largest absolute Gasteiger partial charge is 0.490 e. The molecule has 138 valence electrons. The fourth-order valence-electron chi connectivity index (χ4n) is 2.66. The second kappa shape index (κ2) is 8.28. The van der Waals surface area contributed by atoms with E-state index >= 15 is 0 Å². The van der Waals surface area contributed by atoms with Crippen molar-refractivity contribution >= 4 is 12.0 Å². The molecule has 1 aliphatic rings. The normalized spacial score (nSPS) is 12.1. The number of rotatable bonds is 6. The number of nitrogens with zero attached hydrogens (tertiary/aromatic N) is 1. The fourth-order valence-corrected chi connectivity index (χ4v) is 2.66. The number of carbonyl (C=O) groups excluding carboxylic acids is 1. The van der Waals surface area contributed by atoms with E-state index in [1.807, 2.05) is 38.1 Å². The van der Waals surface area contributed by atoms with Gasteiger partial charge in [-0.05, 0) is 38.1 Å². The first-order valence-corrected chi connectivity index (χ1v) is 8.64. The summed E-state index contributed by atoms with van der Waals surface area (Å²) in [6, 6.07) is 12.2. The highest BCUT2D eigenvalue weighted by atomic mass is 16.6. The predicted molar refractivity (Wildman–Crippen MR) is 99.0 cm³/mol. The lowest BCUT2D eigenvalue weighted by atomic mass is 10.1. The molecule has 0 fully saturated rings. The van der Waals surface area contributed by atoms with Gasteiger partial charge in [0.2, 0.25) is 0 Å². The van der Waals surface area contributed by atoms with E-state index in [9.17, 15) is 4.79 Å². The van der Waals surface area contributed by atoms with E-state index in [2.05, 4.69) is 0 Å². The van der Waals surface area contributed by atoms with Gasteiger partial charge in [0.1, 0.15) is 6.61 Å². The minimum absolute atomic E-state index is 0.0795. The Morgan fingerprint density at radius 2 is 1.89 bits per heavy atom. The zero-order chi connectivity index (χ0) is 19.2. The number of fused-ring (bicyclic) bond motifs is 1. The molecule has 27 heavy (non-hydrogen) atoms. The van der Waals surface area contributed by atoms with Crippen LogP contribution in [0, 0.1) is 11.3 Å². The van der Waals surface area contributed by atoms with E-state index in [1.54, 1.807) is 24.3 Å². The van der Waals surface area contributed by atoms with E-state index in [1.165, 1.54) is 0 Å². The summed E-state index contributed by atoms with van der Waals surface area (Å²) < 4.78 is 22.2. The van der Waals surface area contributed by atoms with Gasteiger partial charge in [0.15, 0.2) is 23.0 Å². The van der Waals surface area contributed by atoms with Crippen LogP contribution in [0.3, 0.4) is 0 Å². The number of para-hydroxylation sites is 1. The lowest BCUT2D eigenvalue weighted by molar-refractivity contribution is -0.130. The average molecular weight is 365 g/mol. The minimum Gasteiger partial charge on any atom is -0.490 e. The highest BCUT2D eigenvalue weighted by Gasteiger charge is 2.22. The van der Waals surface area contributed by atoms with Crippen LogP contribution in [0.5, 0.6) is 23.0 Å². The van der Waals surface area contributed by atoms with E-state index in [0.29, 0.717) is 41.6 Å². The molecule has 0 bridgehead atoms. The summed E-state index contributed by atoms with van der Waals surface area (Å²) >= 11 is 0. The summed E-state index contributed by atoms with van der Waals surface area (Å²) in [5.41, 5.74) is 1.56. The van der Waals surface area contributed by atoms with Crippen LogP contribution in [0.2, 0.25) is 0 Å². The molecule has 0 radical (unpaired) electrons. The summed E-state index contributed by atoms with van der Waals surface area (Å²) in [6.07, 6.45) is 1.73. The number of hydrogen-bond donors (Lipinski definition) is 0. The molecular weight excluding hydrogens is 346 g/mol. The van der Waals surface area contributed by atoms with Gasteiger partial charge in [0.05, 0.1) is 30.4 Å². The van der Waals surface area contributed by atoms with Gasteiger partial charge >= 0.3 is 5.97 Å². The van der Waals surface area contributed by atoms with Crippen molar-refractivity contribution in [1.82, 2.24) is 0 Å². The molecular formula is C21H19NO5. The van der Waals surface area contributed by atoms with Gasteiger partial charge < -0.3 is 18.9 Å². The van der Waals surface area contributed by atoms with Gasteiger partial charge in [-0.15, -0.1) is 0 Å². The first-order valence-electron chi connectivity index (χ1n) is 8.64. The number of nitriles is 1. The second-order valence-corrected chi connectivity index (χ2v) is 5.66. The van der Waals surface area contributed by atoms with Crippen molar-refractivity contribution in [3.05, 3.63) is 53.1 Å². The van der Waals surface area contributed by atoms with Crippen molar-refractivity contribution in [2.75, 3.05) is 19.8 Å². The highest BCUT2D eigenvalue weighted by Crippen LogP contribution is 2.36. The van der Waals surface area contributed by atoms with Crippen molar-refractivity contribution in [1.29, 1.82) is 5.26 Å². The smallest absolute Gasteiger partial charge is 0.343 e. The van der Waals surface area contributed by atoms with Crippen molar-refractivity contribution in [2.24, 2.45) is 0 Å². The van der Waals surface area contributed by atoms with E-state index in [4.69, 9.17) is 24.2 Å². The van der Waals surface area contributed by atoms with E-state index in [0.717, 1.165) is 5.56 Å². The Hall–Kier alpha value is -3.46. The molecule has 1 aliphatic heterocycles. The monoisotopic (exact) mass is 365 g/mol. The Bertz CT molecular complexity index is 927. The standard InChI is InChI=1S/C21H19NO5/c1-3-24-18-7-5-6-15-11-16(13-26-20(15)18)21(23)27-17-9-8-14(12-22)10-19(17)25-4-2/h5-11H,3-4,13H2,1-2H3. The number of hydrogen-bond acceptors (Lipinski definition) is 6. The topological polar surface area (TPSA) is 77.8 Å². The van der Waals surface area contributed by atoms with E-state index < -0.39 is 5.97 Å². The number of benzene rings is 2. The molecule has 0 saturated heterocycles. The molecule has 0 aliphatic carbocycles. The van der Waals surface area contributed by atoms with Crippen molar-refractivity contribution in [3.8, 4) is 29.1 Å². The summed E-state index contributed by atoms with van der Waals surface area (Å²) in [7, 11) is 0. The molecule has 0 saturated carbocycles. The number of ether oxygens (including phenoxy) is 4. The molecule has 0 amide bonds. The maximum absolute atomic E-state index is 12.6. The first kappa shape index (κ1) is 18.3. The maximum atomic E-state index is 12.6. The van der Waals surface area contributed by atoms with Gasteiger partial charge in [-0.2, -0.15) is 5.26 Å². The Kier molecular flexibility index (Phi) is 5.62. The molecule has 0 unspecified atom stereocenters. The van der Waals surface area contributed by atoms with Gasteiger partial charge in [-0.3, -0.25) is 0 Å². The Morgan fingerprint density at radius 1 is 1.11 bits per heavy atom. The molecule has 1 heterocycles. The fraction of sp³-hybridized carbons (Fsp3) is 0.238. The van der Waals surface area contributed by atoms with Crippen molar-refractivity contribution < 1.29 is 23.7 Å². The highest BCUT2D eigenvalue weighted by molar-refractivity contribution is 5.97. The zero-order valence-corrected chi connectivity index (χ0v) is 15.2. The van der Waals surface area contributed by atoms with Gasteiger partial charge in [0.25, 0.3) is 0 Å². The Labute approximate surface area is 157 Å². The van der Waals surface area contributed by atoms with Crippen LogP contribution < -0.4 is 18.9 Å². The third-order valence-corrected chi connectivity index (χ3v) is 3.85. The third kappa shape index (κ3) is 4.04. The Balaban J connectivity index is 1.83. The molecule has 2 aromatic carbocycles. The summed E-state index contributed by atoms with van der Waals surface area (Å²) in [5, 5.41) is 9.01. The zero-order valence-electron chi connectivity index (χ0n) is 15.2. The van der Waals surface area contributed by atoms with Crippen LogP contribution in [-0.4, -0.2) is 25.8 Å². The Morgan fingerprint density at radius 3 is 2.63 bits per heavy atom. The average Bonchev–Trinajstić information content (AvgIpc) is 2.69. The van der Waals surface area contributed by atoms with Gasteiger partial charge in [-0.25, -0.2) is 4.79 Å².